The van der Waals surface area contributed by atoms with Gasteiger partial charge >= 0.3 is 0 Å². The van der Waals surface area contributed by atoms with E-state index in [1.54, 1.807) is 6.07 Å². The number of hydrogen-bond donors (Lipinski definition) is 2. The van der Waals surface area contributed by atoms with Crippen LogP contribution in [0.1, 0.15) is 52.2 Å². The maximum atomic E-state index is 12.7. The van der Waals surface area contributed by atoms with Crippen molar-refractivity contribution in [2.75, 3.05) is 6.54 Å². The number of hydrogen-bond acceptors (Lipinski definition) is 3. The number of nitrogens with one attached hydrogen (secondary N) is 2. The van der Waals surface area contributed by atoms with Crippen molar-refractivity contribution in [3.63, 3.8) is 0 Å². The van der Waals surface area contributed by atoms with Crippen LogP contribution in [-0.4, -0.2) is 20.5 Å². The normalized spacial score (nSPS) is 12.6. The Labute approximate surface area is 129 Å². The average molecular weight is 312 g/mol. The standard InChI is InChI=1S/C16H28N2O2S/c1-6-14-10-9-13(12-17-8-3)11-15(14)21(19,20)18-16(4,5)7-2/h9-11,17-18H,6-8,12H2,1-5H3. The average Bonchev–Trinajstić information content (AvgIpc) is 2.43. The van der Waals surface area contributed by atoms with Crippen LogP contribution in [0.25, 0.3) is 0 Å². The molecule has 120 valence electrons. The molecule has 0 spiro atoms. The monoisotopic (exact) mass is 312 g/mol. The molecule has 0 aliphatic heterocycles. The second kappa shape index (κ2) is 7.38. The summed E-state index contributed by atoms with van der Waals surface area (Å²) in [6.45, 7) is 11.3. The predicted molar refractivity (Wildman–Crippen MR) is 87.9 cm³/mol. The van der Waals surface area contributed by atoms with Gasteiger partial charge in [-0.1, -0.05) is 32.9 Å². The molecule has 2 N–H and O–H groups in total. The molecule has 0 aliphatic carbocycles. The smallest absolute Gasteiger partial charge is 0.241 e. The highest BCUT2D eigenvalue weighted by Crippen LogP contribution is 2.21. The first-order valence-electron chi connectivity index (χ1n) is 7.62. The van der Waals surface area contributed by atoms with Crippen molar-refractivity contribution in [3.05, 3.63) is 29.3 Å². The maximum absolute atomic E-state index is 12.7. The van der Waals surface area contributed by atoms with Crippen LogP contribution in [0.5, 0.6) is 0 Å². The minimum atomic E-state index is -3.50. The lowest BCUT2D eigenvalue weighted by atomic mass is 10.0. The van der Waals surface area contributed by atoms with Crippen molar-refractivity contribution in [1.82, 2.24) is 10.0 Å². The number of sulfonamides is 1. The molecule has 1 rings (SSSR count). The molecule has 0 unspecified atom stereocenters. The van der Waals surface area contributed by atoms with Gasteiger partial charge in [0.25, 0.3) is 0 Å². The zero-order valence-electron chi connectivity index (χ0n) is 13.8. The van der Waals surface area contributed by atoms with Gasteiger partial charge in [-0.3, -0.25) is 0 Å². The second-order valence-electron chi connectivity index (χ2n) is 5.92. The minimum Gasteiger partial charge on any atom is -0.313 e. The molecule has 0 aliphatic rings. The van der Waals surface area contributed by atoms with Crippen LogP contribution in [-0.2, 0) is 23.0 Å². The van der Waals surface area contributed by atoms with E-state index in [0.717, 1.165) is 24.1 Å². The summed E-state index contributed by atoms with van der Waals surface area (Å²) >= 11 is 0. The molecular weight excluding hydrogens is 284 g/mol. The van der Waals surface area contributed by atoms with Gasteiger partial charge in [0, 0.05) is 12.1 Å². The molecule has 0 heterocycles. The zero-order valence-corrected chi connectivity index (χ0v) is 14.6. The summed E-state index contributed by atoms with van der Waals surface area (Å²) in [5, 5.41) is 3.22. The Morgan fingerprint density at radius 3 is 2.33 bits per heavy atom. The second-order valence-corrected chi connectivity index (χ2v) is 7.57. The molecule has 0 fully saturated rings. The van der Waals surface area contributed by atoms with Gasteiger partial charge in [-0.25, -0.2) is 13.1 Å². The van der Waals surface area contributed by atoms with E-state index in [-0.39, 0.29) is 0 Å². The highest BCUT2D eigenvalue weighted by Gasteiger charge is 2.26. The molecule has 0 atom stereocenters. The number of aryl methyl sites for hydroxylation is 1. The molecule has 21 heavy (non-hydrogen) atoms. The molecule has 5 heteroatoms. The van der Waals surface area contributed by atoms with E-state index in [1.165, 1.54) is 0 Å². The summed E-state index contributed by atoms with van der Waals surface area (Å²) in [5.41, 5.74) is 1.40. The van der Waals surface area contributed by atoms with E-state index in [0.29, 0.717) is 17.9 Å². The molecule has 0 saturated carbocycles. The van der Waals surface area contributed by atoms with Gasteiger partial charge in [-0.2, -0.15) is 0 Å². The van der Waals surface area contributed by atoms with Gasteiger partial charge in [0.15, 0.2) is 0 Å². The van der Waals surface area contributed by atoms with Crippen molar-refractivity contribution in [2.45, 2.75) is 64.4 Å². The molecule has 0 amide bonds. The third-order valence-corrected chi connectivity index (χ3v) is 5.46. The molecule has 0 saturated heterocycles. The Morgan fingerprint density at radius 2 is 1.81 bits per heavy atom. The fourth-order valence-corrected chi connectivity index (χ4v) is 3.86. The lowest BCUT2D eigenvalue weighted by molar-refractivity contribution is 0.439. The summed E-state index contributed by atoms with van der Waals surface area (Å²) in [6.07, 6.45) is 1.44. The first kappa shape index (κ1) is 18.1. The summed E-state index contributed by atoms with van der Waals surface area (Å²) < 4.78 is 28.2. The van der Waals surface area contributed by atoms with Crippen LogP contribution >= 0.6 is 0 Å². The van der Waals surface area contributed by atoms with Crippen LogP contribution in [0.2, 0.25) is 0 Å². The van der Waals surface area contributed by atoms with Crippen molar-refractivity contribution in [2.24, 2.45) is 0 Å². The SMILES string of the molecule is CCNCc1ccc(CC)c(S(=O)(=O)NC(C)(C)CC)c1. The topological polar surface area (TPSA) is 58.2 Å². The van der Waals surface area contributed by atoms with Crippen molar-refractivity contribution >= 4 is 10.0 Å². The zero-order chi connectivity index (χ0) is 16.1. The van der Waals surface area contributed by atoms with Crippen molar-refractivity contribution in [3.8, 4) is 0 Å². The summed E-state index contributed by atoms with van der Waals surface area (Å²) in [7, 11) is -3.50. The van der Waals surface area contributed by atoms with Gasteiger partial charge in [-0.15, -0.1) is 0 Å². The molecule has 0 aromatic heterocycles. The van der Waals surface area contributed by atoms with Crippen LogP contribution in [0.3, 0.4) is 0 Å². The van der Waals surface area contributed by atoms with Crippen LogP contribution in [0, 0.1) is 0 Å². The Kier molecular flexibility index (Phi) is 6.38. The summed E-state index contributed by atoms with van der Waals surface area (Å²) in [4.78, 5) is 0.405. The van der Waals surface area contributed by atoms with Crippen molar-refractivity contribution in [1.29, 1.82) is 0 Å². The third-order valence-electron chi connectivity index (χ3n) is 3.68. The highest BCUT2D eigenvalue weighted by molar-refractivity contribution is 7.89. The fourth-order valence-electron chi connectivity index (χ4n) is 2.01. The first-order valence-corrected chi connectivity index (χ1v) is 9.10. The predicted octanol–water partition coefficient (Wildman–Crippen LogP) is 2.83. The quantitative estimate of drug-likeness (QED) is 0.776. The molecular formula is C16H28N2O2S. The van der Waals surface area contributed by atoms with Crippen molar-refractivity contribution < 1.29 is 8.42 Å². The Hall–Kier alpha value is -0.910. The van der Waals surface area contributed by atoms with E-state index in [2.05, 4.69) is 10.0 Å². The largest absolute Gasteiger partial charge is 0.313 e. The third kappa shape index (κ3) is 5.09. The summed E-state index contributed by atoms with van der Waals surface area (Å²) in [5.74, 6) is 0. The van der Waals surface area contributed by atoms with Crippen LogP contribution in [0.15, 0.2) is 23.1 Å². The van der Waals surface area contributed by atoms with E-state index in [1.807, 2.05) is 46.8 Å². The lowest BCUT2D eigenvalue weighted by Gasteiger charge is -2.25. The summed E-state index contributed by atoms with van der Waals surface area (Å²) in [6, 6.07) is 5.70. The molecule has 0 radical (unpaired) electrons. The van der Waals surface area contributed by atoms with E-state index in [9.17, 15) is 8.42 Å². The minimum absolute atomic E-state index is 0.405. The lowest BCUT2D eigenvalue weighted by Crippen LogP contribution is -2.43. The van der Waals surface area contributed by atoms with Gasteiger partial charge in [0.2, 0.25) is 10.0 Å². The molecule has 1 aromatic carbocycles. The van der Waals surface area contributed by atoms with Gasteiger partial charge in [0.05, 0.1) is 4.90 Å². The maximum Gasteiger partial charge on any atom is 0.241 e. The van der Waals surface area contributed by atoms with Gasteiger partial charge in [0.1, 0.15) is 0 Å². The first-order chi connectivity index (χ1) is 9.75. The Balaban J connectivity index is 3.19. The van der Waals surface area contributed by atoms with Gasteiger partial charge < -0.3 is 5.32 Å². The van der Waals surface area contributed by atoms with E-state index >= 15 is 0 Å². The fraction of sp³-hybridized carbons (Fsp3) is 0.625. The number of rotatable bonds is 8. The Bertz CT molecular complexity index is 566. The van der Waals surface area contributed by atoms with E-state index in [4.69, 9.17) is 0 Å². The van der Waals surface area contributed by atoms with Crippen LogP contribution in [0.4, 0.5) is 0 Å². The van der Waals surface area contributed by atoms with Crippen LogP contribution < -0.4 is 10.0 Å². The molecule has 1 aromatic rings. The number of benzene rings is 1. The molecule has 4 nitrogen and oxygen atoms in total. The highest BCUT2D eigenvalue weighted by atomic mass is 32.2. The van der Waals surface area contributed by atoms with Gasteiger partial charge in [-0.05, 0) is 50.4 Å². The molecule has 0 bridgehead atoms. The van der Waals surface area contributed by atoms with E-state index < -0.39 is 15.6 Å². The Morgan fingerprint density at radius 1 is 1.14 bits per heavy atom.